The second-order valence-corrected chi connectivity index (χ2v) is 6.09. The fraction of sp³-hybridized carbons (Fsp3) is 0.278. The first-order chi connectivity index (χ1) is 11.9. The summed E-state index contributed by atoms with van der Waals surface area (Å²) in [4.78, 5) is 27.3. The maximum Gasteiger partial charge on any atom is 0.313 e. The molecule has 3 N–H and O–H groups in total. The fourth-order valence-electron chi connectivity index (χ4n) is 2.71. The van der Waals surface area contributed by atoms with Gasteiger partial charge >= 0.3 is 11.8 Å². The van der Waals surface area contributed by atoms with Crippen LogP contribution < -0.4 is 10.6 Å². The Morgan fingerprint density at radius 1 is 1.16 bits per heavy atom. The molecule has 0 spiro atoms. The number of carbonyl (C=O) groups is 2. The number of aryl methyl sites for hydroxylation is 4. The Hall–Kier alpha value is -3.09. The summed E-state index contributed by atoms with van der Waals surface area (Å²) in [6.45, 7) is 7.71. The molecular formula is C18H20N4O3. The lowest BCUT2D eigenvalue weighted by atomic mass is 10.1. The van der Waals surface area contributed by atoms with Crippen molar-refractivity contribution in [3.05, 3.63) is 46.5 Å². The van der Waals surface area contributed by atoms with Gasteiger partial charge in [0.25, 0.3) is 0 Å². The van der Waals surface area contributed by atoms with Crippen molar-refractivity contribution in [3.63, 3.8) is 0 Å². The van der Waals surface area contributed by atoms with E-state index in [1.165, 1.54) is 5.56 Å². The van der Waals surface area contributed by atoms with Gasteiger partial charge in [0.15, 0.2) is 5.76 Å². The molecule has 1 aromatic carbocycles. The third-order valence-electron chi connectivity index (χ3n) is 4.30. The smallest absolute Gasteiger partial charge is 0.313 e. The molecule has 3 aromatic rings. The van der Waals surface area contributed by atoms with Crippen molar-refractivity contribution < 1.29 is 14.1 Å². The number of carbonyl (C=O) groups excluding carboxylic acids is 2. The molecule has 7 heteroatoms. The molecule has 130 valence electrons. The summed E-state index contributed by atoms with van der Waals surface area (Å²) in [5.41, 5.74) is 5.24. The second-order valence-electron chi connectivity index (χ2n) is 6.09. The predicted molar refractivity (Wildman–Crippen MR) is 94.2 cm³/mol. The number of nitrogens with zero attached hydrogens (tertiary/aromatic N) is 1. The minimum absolute atomic E-state index is 0.271. The number of nitrogens with one attached hydrogen (secondary N) is 3. The van der Waals surface area contributed by atoms with Gasteiger partial charge in [0, 0.05) is 23.1 Å². The van der Waals surface area contributed by atoms with Crippen molar-refractivity contribution in [1.82, 2.24) is 15.5 Å². The second kappa shape index (κ2) is 6.43. The van der Waals surface area contributed by atoms with Crippen LogP contribution in [-0.4, -0.2) is 22.0 Å². The third-order valence-corrected chi connectivity index (χ3v) is 4.30. The van der Waals surface area contributed by atoms with E-state index in [0.717, 1.165) is 22.2 Å². The number of anilines is 1. The largest absolute Gasteiger partial charge is 0.359 e. The Kier molecular flexibility index (Phi) is 4.31. The molecule has 2 amide bonds. The molecule has 3 rings (SSSR count). The van der Waals surface area contributed by atoms with Gasteiger partial charge in [-0.2, -0.15) is 0 Å². The number of hydrogen-bond donors (Lipinski definition) is 3. The van der Waals surface area contributed by atoms with E-state index in [9.17, 15) is 9.59 Å². The van der Waals surface area contributed by atoms with Crippen LogP contribution in [0.4, 0.5) is 5.69 Å². The monoisotopic (exact) mass is 340 g/mol. The van der Waals surface area contributed by atoms with Crippen LogP contribution in [-0.2, 0) is 16.1 Å². The van der Waals surface area contributed by atoms with E-state index in [1.807, 2.05) is 32.0 Å². The lowest BCUT2D eigenvalue weighted by Gasteiger charge is -2.07. The van der Waals surface area contributed by atoms with Gasteiger partial charge in [-0.3, -0.25) is 9.59 Å². The molecule has 0 radical (unpaired) electrons. The Morgan fingerprint density at radius 3 is 2.60 bits per heavy atom. The molecule has 0 saturated heterocycles. The van der Waals surface area contributed by atoms with Crippen molar-refractivity contribution in [1.29, 1.82) is 0 Å². The number of aromatic amines is 1. The normalized spacial score (nSPS) is 10.9. The minimum Gasteiger partial charge on any atom is -0.359 e. The Balaban J connectivity index is 1.65. The van der Waals surface area contributed by atoms with E-state index < -0.39 is 11.8 Å². The standard InChI is InChI=1S/C18H20N4O3/c1-9-10(2)20-15-6-5-13(7-14(9)15)8-19-17(23)18(24)21-16-11(3)22-25-12(16)4/h5-7,20H,8H2,1-4H3,(H,19,23)(H,21,24). The molecule has 0 unspecified atom stereocenters. The fourth-order valence-corrected chi connectivity index (χ4v) is 2.71. The van der Waals surface area contributed by atoms with E-state index in [2.05, 4.69) is 20.8 Å². The first-order valence-corrected chi connectivity index (χ1v) is 7.96. The molecule has 25 heavy (non-hydrogen) atoms. The molecule has 0 aliphatic carbocycles. The molecule has 0 atom stereocenters. The third kappa shape index (κ3) is 3.26. The molecule has 2 heterocycles. The number of rotatable bonds is 3. The van der Waals surface area contributed by atoms with Crippen LogP contribution >= 0.6 is 0 Å². The number of H-pyrrole nitrogens is 1. The van der Waals surface area contributed by atoms with Crippen LogP contribution in [0.5, 0.6) is 0 Å². The molecule has 0 fully saturated rings. The van der Waals surface area contributed by atoms with Crippen LogP contribution in [0.3, 0.4) is 0 Å². The van der Waals surface area contributed by atoms with E-state index in [4.69, 9.17) is 4.52 Å². The van der Waals surface area contributed by atoms with Crippen molar-refractivity contribution in [3.8, 4) is 0 Å². The molecular weight excluding hydrogens is 320 g/mol. The number of amides is 2. The van der Waals surface area contributed by atoms with Crippen LogP contribution in [0.25, 0.3) is 10.9 Å². The zero-order valence-electron chi connectivity index (χ0n) is 14.6. The number of hydrogen-bond acceptors (Lipinski definition) is 4. The Bertz CT molecular complexity index is 949. The zero-order chi connectivity index (χ0) is 18.1. The van der Waals surface area contributed by atoms with Gasteiger partial charge in [-0.05, 0) is 51.0 Å². The molecule has 0 aliphatic rings. The van der Waals surface area contributed by atoms with Crippen molar-refractivity contribution in [2.75, 3.05) is 5.32 Å². The zero-order valence-corrected chi connectivity index (χ0v) is 14.6. The predicted octanol–water partition coefficient (Wildman–Crippen LogP) is 2.64. The Morgan fingerprint density at radius 2 is 1.92 bits per heavy atom. The highest BCUT2D eigenvalue weighted by Crippen LogP contribution is 2.22. The maximum absolute atomic E-state index is 12.0. The van der Waals surface area contributed by atoms with E-state index in [-0.39, 0.29) is 6.54 Å². The summed E-state index contributed by atoms with van der Waals surface area (Å²) in [5.74, 6) is -0.992. The van der Waals surface area contributed by atoms with Crippen molar-refractivity contribution in [2.24, 2.45) is 0 Å². The highest BCUT2D eigenvalue weighted by Gasteiger charge is 2.18. The van der Waals surface area contributed by atoms with Crippen LogP contribution in [0.2, 0.25) is 0 Å². The van der Waals surface area contributed by atoms with Gasteiger partial charge in [0.2, 0.25) is 0 Å². The van der Waals surface area contributed by atoms with Gasteiger partial charge in [0.1, 0.15) is 11.4 Å². The molecule has 0 aliphatic heterocycles. The number of fused-ring (bicyclic) bond motifs is 1. The van der Waals surface area contributed by atoms with Gasteiger partial charge in [0.05, 0.1) is 0 Å². The van der Waals surface area contributed by atoms with E-state index >= 15 is 0 Å². The summed E-state index contributed by atoms with van der Waals surface area (Å²) in [5, 5.41) is 10.0. The van der Waals surface area contributed by atoms with Crippen molar-refractivity contribution >= 4 is 28.4 Å². The molecule has 2 aromatic heterocycles. The highest BCUT2D eigenvalue weighted by molar-refractivity contribution is 6.39. The number of aromatic nitrogens is 2. The summed E-state index contributed by atoms with van der Waals surface area (Å²) in [6.07, 6.45) is 0. The van der Waals surface area contributed by atoms with E-state index in [1.54, 1.807) is 13.8 Å². The summed E-state index contributed by atoms with van der Waals surface area (Å²) in [7, 11) is 0. The topological polar surface area (TPSA) is 100 Å². The number of benzene rings is 1. The summed E-state index contributed by atoms with van der Waals surface area (Å²) < 4.78 is 4.96. The SMILES string of the molecule is Cc1noc(C)c1NC(=O)C(=O)NCc1ccc2[nH]c(C)c(C)c2c1. The highest BCUT2D eigenvalue weighted by atomic mass is 16.5. The van der Waals surface area contributed by atoms with Crippen LogP contribution in [0.15, 0.2) is 22.7 Å². The first kappa shape index (κ1) is 16.8. The average Bonchev–Trinajstić information content (AvgIpc) is 3.06. The average molecular weight is 340 g/mol. The first-order valence-electron chi connectivity index (χ1n) is 7.96. The van der Waals surface area contributed by atoms with Crippen LogP contribution in [0, 0.1) is 27.7 Å². The summed E-state index contributed by atoms with van der Waals surface area (Å²) >= 11 is 0. The van der Waals surface area contributed by atoms with Gasteiger partial charge in [-0.25, -0.2) is 0 Å². The van der Waals surface area contributed by atoms with E-state index in [0.29, 0.717) is 17.1 Å². The molecule has 7 nitrogen and oxygen atoms in total. The minimum atomic E-state index is -0.746. The Labute approximate surface area is 144 Å². The summed E-state index contributed by atoms with van der Waals surface area (Å²) in [6, 6.07) is 5.91. The van der Waals surface area contributed by atoms with Gasteiger partial charge in [-0.15, -0.1) is 0 Å². The van der Waals surface area contributed by atoms with Gasteiger partial charge < -0.3 is 20.1 Å². The lowest BCUT2D eigenvalue weighted by Crippen LogP contribution is -2.35. The van der Waals surface area contributed by atoms with Crippen molar-refractivity contribution in [2.45, 2.75) is 34.2 Å². The lowest BCUT2D eigenvalue weighted by molar-refractivity contribution is -0.136. The molecule has 0 saturated carbocycles. The van der Waals surface area contributed by atoms with Gasteiger partial charge in [-0.1, -0.05) is 11.2 Å². The molecule has 0 bridgehead atoms. The maximum atomic E-state index is 12.0. The quantitative estimate of drug-likeness (QED) is 0.638. The van der Waals surface area contributed by atoms with Crippen LogP contribution in [0.1, 0.15) is 28.3 Å².